The highest BCUT2D eigenvalue weighted by Crippen LogP contribution is 2.44. The first-order chi connectivity index (χ1) is 14.0. The Morgan fingerprint density at radius 2 is 1.83 bits per heavy atom. The molecular formula is C23H27N3O3. The maximum absolute atomic E-state index is 13.0. The Morgan fingerprint density at radius 1 is 1.10 bits per heavy atom. The highest BCUT2D eigenvalue weighted by atomic mass is 16.5. The van der Waals surface area contributed by atoms with E-state index in [2.05, 4.69) is 10.3 Å². The monoisotopic (exact) mass is 393 g/mol. The zero-order valence-corrected chi connectivity index (χ0v) is 16.9. The lowest BCUT2D eigenvalue weighted by molar-refractivity contribution is -0.130. The van der Waals surface area contributed by atoms with Gasteiger partial charge in [0.1, 0.15) is 11.7 Å². The molecule has 1 aromatic carbocycles. The van der Waals surface area contributed by atoms with Gasteiger partial charge in [-0.25, -0.2) is 4.98 Å². The Hall–Kier alpha value is -2.89. The molecule has 2 aliphatic rings. The van der Waals surface area contributed by atoms with Crippen LogP contribution in [-0.4, -0.2) is 42.4 Å². The van der Waals surface area contributed by atoms with Gasteiger partial charge in [-0.3, -0.25) is 9.59 Å². The van der Waals surface area contributed by atoms with Crippen LogP contribution >= 0.6 is 0 Å². The number of rotatable bonds is 8. The van der Waals surface area contributed by atoms with Crippen molar-refractivity contribution in [2.24, 2.45) is 5.92 Å². The lowest BCUT2D eigenvalue weighted by Crippen LogP contribution is -2.40. The molecule has 1 aromatic heterocycles. The van der Waals surface area contributed by atoms with E-state index in [-0.39, 0.29) is 17.5 Å². The molecule has 2 aliphatic carbocycles. The van der Waals surface area contributed by atoms with Crippen LogP contribution in [0.5, 0.6) is 5.88 Å². The number of nitrogens with zero attached hydrogens (tertiary/aromatic N) is 2. The number of nitrogens with one attached hydrogen (secondary N) is 1. The van der Waals surface area contributed by atoms with Gasteiger partial charge in [0.2, 0.25) is 11.8 Å². The molecule has 152 valence electrons. The molecule has 0 spiro atoms. The van der Waals surface area contributed by atoms with Crippen molar-refractivity contribution in [2.45, 2.75) is 37.6 Å². The zero-order valence-electron chi connectivity index (χ0n) is 16.9. The molecule has 2 amide bonds. The maximum atomic E-state index is 13.0. The van der Waals surface area contributed by atoms with Gasteiger partial charge in [-0.05, 0) is 49.1 Å². The van der Waals surface area contributed by atoms with Gasteiger partial charge in [0.15, 0.2) is 0 Å². The van der Waals surface area contributed by atoms with E-state index in [1.807, 2.05) is 36.4 Å². The lowest BCUT2D eigenvalue weighted by Gasteiger charge is -2.22. The maximum Gasteiger partial charge on any atom is 0.270 e. The number of ether oxygens (including phenoxy) is 1. The first-order valence-electron chi connectivity index (χ1n) is 10.2. The van der Waals surface area contributed by atoms with E-state index in [0.29, 0.717) is 24.3 Å². The van der Waals surface area contributed by atoms with Crippen LogP contribution in [0.1, 0.15) is 59.3 Å². The van der Waals surface area contributed by atoms with Crippen LogP contribution in [0.2, 0.25) is 0 Å². The molecule has 1 atom stereocenters. The van der Waals surface area contributed by atoms with Crippen LogP contribution in [-0.2, 0) is 4.79 Å². The molecule has 0 unspecified atom stereocenters. The van der Waals surface area contributed by atoms with Crippen molar-refractivity contribution >= 4 is 11.8 Å². The number of hydrogen-bond acceptors (Lipinski definition) is 4. The third kappa shape index (κ3) is 4.75. The molecule has 29 heavy (non-hydrogen) atoms. The van der Waals surface area contributed by atoms with Crippen molar-refractivity contribution in [1.82, 2.24) is 15.2 Å². The zero-order chi connectivity index (χ0) is 20.4. The third-order valence-corrected chi connectivity index (χ3v) is 5.39. The summed E-state index contributed by atoms with van der Waals surface area (Å²) in [4.78, 5) is 31.6. The largest absolute Gasteiger partial charge is 0.477 e. The van der Waals surface area contributed by atoms with Gasteiger partial charge in [-0.1, -0.05) is 36.4 Å². The van der Waals surface area contributed by atoms with Crippen LogP contribution in [0.15, 0.2) is 42.5 Å². The van der Waals surface area contributed by atoms with E-state index in [4.69, 9.17) is 4.74 Å². The molecule has 6 nitrogen and oxygen atoms in total. The third-order valence-electron chi connectivity index (χ3n) is 5.39. The van der Waals surface area contributed by atoms with E-state index in [1.165, 1.54) is 17.7 Å². The van der Waals surface area contributed by atoms with Crippen LogP contribution < -0.4 is 10.1 Å². The Kier molecular flexibility index (Phi) is 5.51. The first kappa shape index (κ1) is 19.4. The molecule has 0 saturated heterocycles. The quantitative estimate of drug-likeness (QED) is 0.747. The minimum absolute atomic E-state index is 0.190. The number of benzene rings is 1. The standard InChI is InChI=1S/C23H27N3O3/c1-26(2)23(28)20(17-6-4-3-5-7-17)25-21(27)19-13-12-18(16-10-11-16)22(24-19)29-14-15-8-9-15/h3-7,12-13,15-16,20H,8-11,14H2,1-2H3,(H,25,27)/t20-/m1/s1. The van der Waals surface area contributed by atoms with E-state index >= 15 is 0 Å². The summed E-state index contributed by atoms with van der Waals surface area (Å²) in [5.74, 6) is 1.10. The van der Waals surface area contributed by atoms with Crippen LogP contribution in [0.4, 0.5) is 0 Å². The van der Waals surface area contributed by atoms with Gasteiger partial charge >= 0.3 is 0 Å². The van der Waals surface area contributed by atoms with E-state index in [0.717, 1.165) is 24.0 Å². The summed E-state index contributed by atoms with van der Waals surface area (Å²) in [6.07, 6.45) is 4.68. The second kappa shape index (κ2) is 8.23. The molecule has 6 heteroatoms. The summed E-state index contributed by atoms with van der Waals surface area (Å²) >= 11 is 0. The number of likely N-dealkylation sites (N-methyl/N-ethyl adjacent to an activating group) is 1. The number of amides is 2. The molecule has 2 fully saturated rings. The average Bonchev–Trinajstić information content (AvgIpc) is 3.64. The molecule has 4 rings (SSSR count). The second-order valence-corrected chi connectivity index (χ2v) is 8.17. The molecule has 0 radical (unpaired) electrons. The van der Waals surface area contributed by atoms with Crippen molar-refractivity contribution in [3.05, 3.63) is 59.3 Å². The van der Waals surface area contributed by atoms with Crippen LogP contribution in [0.25, 0.3) is 0 Å². The molecule has 1 heterocycles. The number of hydrogen-bond donors (Lipinski definition) is 1. The summed E-state index contributed by atoms with van der Waals surface area (Å²) in [6.45, 7) is 0.656. The van der Waals surface area contributed by atoms with Gasteiger partial charge in [-0.15, -0.1) is 0 Å². The van der Waals surface area contributed by atoms with Crippen molar-refractivity contribution in [1.29, 1.82) is 0 Å². The van der Waals surface area contributed by atoms with Crippen molar-refractivity contribution in [3.8, 4) is 5.88 Å². The van der Waals surface area contributed by atoms with Gasteiger partial charge in [0.25, 0.3) is 5.91 Å². The van der Waals surface area contributed by atoms with Gasteiger partial charge in [0.05, 0.1) is 6.61 Å². The highest BCUT2D eigenvalue weighted by molar-refractivity contribution is 5.96. The fourth-order valence-electron chi connectivity index (χ4n) is 3.28. The summed E-state index contributed by atoms with van der Waals surface area (Å²) in [7, 11) is 3.36. The number of carbonyl (C=O) groups is 2. The Labute approximate surface area is 171 Å². The van der Waals surface area contributed by atoms with E-state index < -0.39 is 6.04 Å². The van der Waals surface area contributed by atoms with Crippen molar-refractivity contribution in [3.63, 3.8) is 0 Å². The fourth-order valence-corrected chi connectivity index (χ4v) is 3.28. The van der Waals surface area contributed by atoms with Crippen molar-refractivity contribution < 1.29 is 14.3 Å². The number of carbonyl (C=O) groups excluding carboxylic acids is 2. The van der Waals surface area contributed by atoms with Crippen molar-refractivity contribution in [2.75, 3.05) is 20.7 Å². The Morgan fingerprint density at radius 3 is 2.45 bits per heavy atom. The number of aromatic nitrogens is 1. The molecule has 0 bridgehead atoms. The van der Waals surface area contributed by atoms with E-state index in [9.17, 15) is 9.59 Å². The average molecular weight is 393 g/mol. The summed E-state index contributed by atoms with van der Waals surface area (Å²) in [5.41, 5.74) is 2.10. The highest BCUT2D eigenvalue weighted by Gasteiger charge is 2.31. The summed E-state index contributed by atoms with van der Waals surface area (Å²) in [5, 5.41) is 2.85. The summed E-state index contributed by atoms with van der Waals surface area (Å²) < 4.78 is 5.96. The van der Waals surface area contributed by atoms with Gasteiger partial charge < -0.3 is 15.0 Å². The predicted molar refractivity (Wildman–Crippen MR) is 110 cm³/mol. The molecule has 2 saturated carbocycles. The Balaban J connectivity index is 1.55. The fraction of sp³-hybridized carbons (Fsp3) is 0.435. The van der Waals surface area contributed by atoms with Crippen LogP contribution in [0, 0.1) is 5.92 Å². The molecule has 0 aliphatic heterocycles. The normalized spacial score (nSPS) is 16.8. The SMILES string of the molecule is CN(C)C(=O)[C@H](NC(=O)c1ccc(C2CC2)c(OCC2CC2)n1)c1ccccc1. The second-order valence-electron chi connectivity index (χ2n) is 8.17. The van der Waals surface area contributed by atoms with E-state index in [1.54, 1.807) is 20.2 Å². The van der Waals surface area contributed by atoms with Gasteiger partial charge in [-0.2, -0.15) is 0 Å². The summed E-state index contributed by atoms with van der Waals surface area (Å²) in [6, 6.07) is 12.2. The molecule has 2 aromatic rings. The minimum Gasteiger partial charge on any atom is -0.477 e. The topological polar surface area (TPSA) is 71.5 Å². The number of pyridine rings is 1. The molecular weight excluding hydrogens is 366 g/mol. The first-order valence-corrected chi connectivity index (χ1v) is 10.2. The molecule has 1 N–H and O–H groups in total. The Bertz CT molecular complexity index is 889. The predicted octanol–water partition coefficient (Wildman–Crippen LogP) is 3.31. The smallest absolute Gasteiger partial charge is 0.270 e. The lowest BCUT2D eigenvalue weighted by atomic mass is 10.1. The van der Waals surface area contributed by atoms with Gasteiger partial charge in [0, 0.05) is 19.7 Å². The van der Waals surface area contributed by atoms with Crippen LogP contribution in [0.3, 0.4) is 0 Å². The minimum atomic E-state index is -0.764.